The molecule has 0 radical (unpaired) electrons. The first-order chi connectivity index (χ1) is 7.18. The Morgan fingerprint density at radius 3 is 2.93 bits per heavy atom. The first-order valence-electron chi connectivity index (χ1n) is 5.24. The van der Waals surface area contributed by atoms with Crippen LogP contribution in [-0.4, -0.2) is 21.0 Å². The van der Waals surface area contributed by atoms with E-state index in [4.69, 9.17) is 5.11 Å². The molecule has 1 fully saturated rings. The summed E-state index contributed by atoms with van der Waals surface area (Å²) in [5.74, 6) is 0.613. The lowest BCUT2D eigenvalue weighted by atomic mass is 9.97. The predicted molar refractivity (Wildman–Crippen MR) is 54.7 cm³/mol. The van der Waals surface area contributed by atoms with Crippen molar-refractivity contribution < 1.29 is 9.90 Å². The van der Waals surface area contributed by atoms with Crippen LogP contribution in [0.5, 0.6) is 0 Å². The summed E-state index contributed by atoms with van der Waals surface area (Å²) >= 11 is 0. The summed E-state index contributed by atoms with van der Waals surface area (Å²) in [4.78, 5) is 19.0. The van der Waals surface area contributed by atoms with Crippen LogP contribution in [0.25, 0.3) is 0 Å². The van der Waals surface area contributed by atoms with Crippen molar-refractivity contribution in [1.29, 1.82) is 0 Å². The molecule has 4 heteroatoms. The van der Waals surface area contributed by atoms with Crippen LogP contribution >= 0.6 is 0 Å². The molecular weight excluding hydrogens is 192 g/mol. The second-order valence-corrected chi connectivity index (χ2v) is 4.12. The molecule has 0 amide bonds. The Bertz CT molecular complexity index is 379. The van der Waals surface area contributed by atoms with Gasteiger partial charge in [0, 0.05) is 12.1 Å². The van der Waals surface area contributed by atoms with Crippen LogP contribution in [-0.2, 0) is 0 Å². The largest absolute Gasteiger partial charge is 0.477 e. The summed E-state index contributed by atoms with van der Waals surface area (Å²) in [6.07, 6.45) is 4.99. The summed E-state index contributed by atoms with van der Waals surface area (Å²) in [7, 11) is 0. The Labute approximate surface area is 88.4 Å². The molecule has 2 unspecified atom stereocenters. The first-order valence-corrected chi connectivity index (χ1v) is 5.24. The van der Waals surface area contributed by atoms with E-state index in [1.165, 1.54) is 25.1 Å². The van der Waals surface area contributed by atoms with Crippen LogP contribution in [0, 0.1) is 5.92 Å². The molecule has 0 aromatic carbocycles. The standard InChI is InChI=1S/C11H14N2O2/c1-7-3-2-4-8(7)10-12-6-5-9(13-10)11(14)15/h5-8H,2-4H2,1H3,(H,14,15). The third kappa shape index (κ3) is 1.98. The highest BCUT2D eigenvalue weighted by atomic mass is 16.4. The van der Waals surface area contributed by atoms with Crippen LogP contribution < -0.4 is 0 Å². The average molecular weight is 206 g/mol. The van der Waals surface area contributed by atoms with Crippen LogP contribution in [0.15, 0.2) is 12.3 Å². The highest BCUT2D eigenvalue weighted by molar-refractivity contribution is 5.85. The number of hydrogen-bond donors (Lipinski definition) is 1. The predicted octanol–water partition coefficient (Wildman–Crippen LogP) is 2.08. The summed E-state index contributed by atoms with van der Waals surface area (Å²) in [6.45, 7) is 2.18. The Morgan fingerprint density at radius 1 is 1.53 bits per heavy atom. The molecule has 1 aromatic heterocycles. The maximum atomic E-state index is 10.8. The molecule has 1 aliphatic rings. The van der Waals surface area contributed by atoms with Gasteiger partial charge in [0.1, 0.15) is 5.82 Å². The Kier molecular flexibility index (Phi) is 2.66. The Morgan fingerprint density at radius 2 is 2.33 bits per heavy atom. The van der Waals surface area contributed by atoms with Crippen LogP contribution in [0.1, 0.15) is 48.4 Å². The van der Waals surface area contributed by atoms with Crippen LogP contribution in [0.3, 0.4) is 0 Å². The maximum Gasteiger partial charge on any atom is 0.354 e. The number of carbonyl (C=O) groups is 1. The van der Waals surface area contributed by atoms with Crippen molar-refractivity contribution in [2.75, 3.05) is 0 Å². The van der Waals surface area contributed by atoms with E-state index in [-0.39, 0.29) is 5.69 Å². The maximum absolute atomic E-state index is 10.8. The van der Waals surface area contributed by atoms with Gasteiger partial charge in [-0.25, -0.2) is 14.8 Å². The second-order valence-electron chi connectivity index (χ2n) is 4.12. The van der Waals surface area contributed by atoms with Gasteiger partial charge >= 0.3 is 5.97 Å². The number of aromatic carboxylic acids is 1. The molecule has 1 N–H and O–H groups in total. The van der Waals surface area contributed by atoms with Gasteiger partial charge in [-0.2, -0.15) is 0 Å². The van der Waals surface area contributed by atoms with E-state index >= 15 is 0 Å². The van der Waals surface area contributed by atoms with Crippen molar-refractivity contribution in [2.24, 2.45) is 5.92 Å². The average Bonchev–Trinajstić information content (AvgIpc) is 2.64. The first kappa shape index (κ1) is 10.1. The topological polar surface area (TPSA) is 63.1 Å². The fraction of sp³-hybridized carbons (Fsp3) is 0.545. The van der Waals surface area contributed by atoms with E-state index in [9.17, 15) is 4.79 Å². The van der Waals surface area contributed by atoms with Crippen molar-refractivity contribution >= 4 is 5.97 Å². The van der Waals surface area contributed by atoms with E-state index in [1.807, 2.05) is 0 Å². The minimum Gasteiger partial charge on any atom is -0.477 e. The number of hydrogen-bond acceptors (Lipinski definition) is 3. The van der Waals surface area contributed by atoms with Gasteiger partial charge in [-0.15, -0.1) is 0 Å². The molecule has 0 aliphatic heterocycles. The highest BCUT2D eigenvalue weighted by Crippen LogP contribution is 2.37. The molecule has 80 valence electrons. The van der Waals surface area contributed by atoms with E-state index in [0.717, 1.165) is 6.42 Å². The number of carboxylic acids is 1. The second kappa shape index (κ2) is 3.96. The van der Waals surface area contributed by atoms with E-state index in [2.05, 4.69) is 16.9 Å². The summed E-state index contributed by atoms with van der Waals surface area (Å²) in [5.41, 5.74) is 0.0964. The lowest BCUT2D eigenvalue weighted by Gasteiger charge is -2.13. The molecule has 4 nitrogen and oxygen atoms in total. The van der Waals surface area contributed by atoms with E-state index in [0.29, 0.717) is 17.7 Å². The molecule has 0 spiro atoms. The van der Waals surface area contributed by atoms with E-state index in [1.54, 1.807) is 0 Å². The summed E-state index contributed by atoms with van der Waals surface area (Å²) in [5, 5.41) is 8.83. The third-order valence-corrected chi connectivity index (χ3v) is 3.09. The molecule has 1 aromatic rings. The van der Waals surface area contributed by atoms with E-state index < -0.39 is 5.97 Å². The lowest BCUT2D eigenvalue weighted by molar-refractivity contribution is 0.0689. The quantitative estimate of drug-likeness (QED) is 0.804. The SMILES string of the molecule is CC1CCCC1c1nccc(C(=O)O)n1. The van der Waals surface area contributed by atoms with Crippen LogP contribution in [0.2, 0.25) is 0 Å². The fourth-order valence-electron chi connectivity index (χ4n) is 2.20. The zero-order chi connectivity index (χ0) is 10.8. The van der Waals surface area contributed by atoms with Crippen molar-refractivity contribution in [3.63, 3.8) is 0 Å². The van der Waals surface area contributed by atoms with Gasteiger partial charge in [0.25, 0.3) is 0 Å². The highest BCUT2D eigenvalue weighted by Gasteiger charge is 2.27. The van der Waals surface area contributed by atoms with Gasteiger partial charge in [-0.05, 0) is 24.8 Å². The minimum absolute atomic E-state index is 0.0964. The van der Waals surface area contributed by atoms with Gasteiger partial charge in [0.15, 0.2) is 5.69 Å². The van der Waals surface area contributed by atoms with Gasteiger partial charge < -0.3 is 5.11 Å². The van der Waals surface area contributed by atoms with Gasteiger partial charge in [-0.3, -0.25) is 0 Å². The molecule has 1 heterocycles. The monoisotopic (exact) mass is 206 g/mol. The van der Waals surface area contributed by atoms with Gasteiger partial charge in [0.2, 0.25) is 0 Å². The van der Waals surface area contributed by atoms with Crippen molar-refractivity contribution in [3.8, 4) is 0 Å². The lowest BCUT2D eigenvalue weighted by Crippen LogP contribution is -2.10. The van der Waals surface area contributed by atoms with Crippen LogP contribution in [0.4, 0.5) is 0 Å². The Hall–Kier alpha value is -1.45. The number of rotatable bonds is 2. The van der Waals surface area contributed by atoms with Crippen molar-refractivity contribution in [1.82, 2.24) is 9.97 Å². The summed E-state index contributed by atoms with van der Waals surface area (Å²) in [6, 6.07) is 1.44. The smallest absolute Gasteiger partial charge is 0.354 e. The molecule has 2 atom stereocenters. The summed E-state index contributed by atoms with van der Waals surface area (Å²) < 4.78 is 0. The Balaban J connectivity index is 2.28. The molecule has 2 rings (SSSR count). The van der Waals surface area contributed by atoms with Gasteiger partial charge in [0.05, 0.1) is 0 Å². The zero-order valence-corrected chi connectivity index (χ0v) is 8.68. The zero-order valence-electron chi connectivity index (χ0n) is 8.68. The third-order valence-electron chi connectivity index (χ3n) is 3.09. The molecule has 1 aliphatic carbocycles. The van der Waals surface area contributed by atoms with Gasteiger partial charge in [-0.1, -0.05) is 13.3 Å². The normalized spacial score (nSPS) is 25.4. The molecular formula is C11H14N2O2. The number of aromatic nitrogens is 2. The minimum atomic E-state index is -0.982. The fourth-order valence-corrected chi connectivity index (χ4v) is 2.20. The van der Waals surface area contributed by atoms with Crippen molar-refractivity contribution in [2.45, 2.75) is 32.1 Å². The molecule has 0 bridgehead atoms. The molecule has 0 saturated heterocycles. The van der Waals surface area contributed by atoms with Crippen molar-refractivity contribution in [3.05, 3.63) is 23.8 Å². The number of nitrogens with zero attached hydrogens (tertiary/aromatic N) is 2. The molecule has 1 saturated carbocycles. The molecule has 15 heavy (non-hydrogen) atoms. The number of carboxylic acid groups (broad SMARTS) is 1.